The van der Waals surface area contributed by atoms with Crippen LogP contribution >= 0.6 is 0 Å². The number of amides is 2. The normalized spacial score (nSPS) is 12.0. The highest BCUT2D eigenvalue weighted by molar-refractivity contribution is 5.85. The number of nitrogens with zero attached hydrogens (tertiary/aromatic N) is 1. The second-order valence-electron chi connectivity index (χ2n) is 7.97. The van der Waals surface area contributed by atoms with E-state index in [-0.39, 0.29) is 42.9 Å². The van der Waals surface area contributed by atoms with Crippen LogP contribution < -0.4 is 10.6 Å². The second-order valence-corrected chi connectivity index (χ2v) is 7.97. The molecular formula is C25H25N3O6. The highest BCUT2D eigenvalue weighted by Gasteiger charge is 2.28. The average Bonchev–Trinajstić information content (AvgIpc) is 3.44. The third-order valence-electron chi connectivity index (χ3n) is 5.68. The summed E-state index contributed by atoms with van der Waals surface area (Å²) < 4.78 is 10.3. The van der Waals surface area contributed by atoms with Crippen LogP contribution in [0, 0.1) is 0 Å². The monoisotopic (exact) mass is 463 g/mol. The fraction of sp³-hybridized carbons (Fsp3) is 0.280. The third kappa shape index (κ3) is 5.43. The van der Waals surface area contributed by atoms with Gasteiger partial charge in [0.25, 0.3) is 0 Å². The molecule has 0 saturated carbocycles. The minimum Gasteiger partial charge on any atom is -0.476 e. The van der Waals surface area contributed by atoms with E-state index < -0.39 is 12.1 Å². The van der Waals surface area contributed by atoms with Crippen molar-refractivity contribution in [3.63, 3.8) is 0 Å². The minimum absolute atomic E-state index is 0.0118. The van der Waals surface area contributed by atoms with E-state index in [2.05, 4.69) is 40.1 Å². The van der Waals surface area contributed by atoms with Gasteiger partial charge in [0, 0.05) is 24.9 Å². The molecule has 0 atom stereocenters. The highest BCUT2D eigenvalue weighted by Crippen LogP contribution is 2.44. The lowest BCUT2D eigenvalue weighted by Crippen LogP contribution is -2.27. The number of hydrogen-bond acceptors (Lipinski definition) is 6. The Balaban J connectivity index is 1.13. The Kier molecular flexibility index (Phi) is 7.22. The maximum absolute atomic E-state index is 12.2. The van der Waals surface area contributed by atoms with Crippen LogP contribution in [0.1, 0.15) is 52.6 Å². The van der Waals surface area contributed by atoms with Crippen LogP contribution in [0.3, 0.4) is 0 Å². The number of rotatable bonds is 10. The largest absolute Gasteiger partial charge is 0.476 e. The van der Waals surface area contributed by atoms with Crippen LogP contribution in [0.4, 0.5) is 4.79 Å². The van der Waals surface area contributed by atoms with Crippen LogP contribution in [-0.2, 0) is 16.1 Å². The number of hydrogen-bond donors (Lipinski definition) is 3. The summed E-state index contributed by atoms with van der Waals surface area (Å²) >= 11 is 0. The lowest BCUT2D eigenvalue weighted by molar-refractivity contribution is -0.121. The van der Waals surface area contributed by atoms with Gasteiger partial charge in [-0.1, -0.05) is 53.7 Å². The number of carboxylic acid groups (broad SMARTS) is 1. The maximum atomic E-state index is 12.2. The van der Waals surface area contributed by atoms with Gasteiger partial charge in [0.05, 0.1) is 6.54 Å². The Hall–Kier alpha value is -4.14. The Morgan fingerprint density at radius 3 is 2.29 bits per heavy atom. The summed E-state index contributed by atoms with van der Waals surface area (Å²) in [6.45, 7) is 0.721. The molecular weight excluding hydrogens is 438 g/mol. The lowest BCUT2D eigenvalue weighted by Gasteiger charge is -2.14. The van der Waals surface area contributed by atoms with Gasteiger partial charge in [-0.3, -0.25) is 4.79 Å². The van der Waals surface area contributed by atoms with Crippen molar-refractivity contribution in [2.24, 2.45) is 0 Å². The van der Waals surface area contributed by atoms with Gasteiger partial charge in [-0.2, -0.15) is 0 Å². The first-order valence-corrected chi connectivity index (χ1v) is 11.1. The third-order valence-corrected chi connectivity index (χ3v) is 5.68. The molecule has 9 heteroatoms. The first kappa shape index (κ1) is 23.0. The van der Waals surface area contributed by atoms with E-state index in [4.69, 9.17) is 14.4 Å². The Morgan fingerprint density at radius 1 is 0.971 bits per heavy atom. The zero-order valence-corrected chi connectivity index (χ0v) is 18.5. The number of aromatic nitrogens is 1. The number of carboxylic acids is 1. The molecule has 176 valence electrons. The van der Waals surface area contributed by atoms with E-state index in [0.29, 0.717) is 19.4 Å². The van der Waals surface area contributed by atoms with Gasteiger partial charge in [-0.05, 0) is 35.1 Å². The molecule has 4 rings (SSSR count). The molecule has 0 saturated heterocycles. The molecule has 9 nitrogen and oxygen atoms in total. The van der Waals surface area contributed by atoms with Gasteiger partial charge in [0.1, 0.15) is 6.61 Å². The average molecular weight is 463 g/mol. The van der Waals surface area contributed by atoms with Gasteiger partial charge < -0.3 is 25.0 Å². The molecule has 0 aliphatic heterocycles. The Morgan fingerprint density at radius 2 is 1.65 bits per heavy atom. The summed E-state index contributed by atoms with van der Waals surface area (Å²) in [6, 6.07) is 17.6. The predicted octanol–water partition coefficient (Wildman–Crippen LogP) is 3.70. The van der Waals surface area contributed by atoms with Crippen LogP contribution in [0.15, 0.2) is 59.1 Å². The minimum atomic E-state index is -1.19. The summed E-state index contributed by atoms with van der Waals surface area (Å²) in [4.78, 5) is 34.8. The quantitative estimate of drug-likeness (QED) is 0.391. The molecule has 3 aromatic rings. The van der Waals surface area contributed by atoms with Crippen molar-refractivity contribution in [2.75, 3.05) is 13.2 Å². The molecule has 0 spiro atoms. The number of aromatic carboxylic acids is 1. The zero-order chi connectivity index (χ0) is 23.9. The molecule has 34 heavy (non-hydrogen) atoms. The van der Waals surface area contributed by atoms with Crippen LogP contribution in [0.5, 0.6) is 0 Å². The topological polar surface area (TPSA) is 131 Å². The van der Waals surface area contributed by atoms with Crippen molar-refractivity contribution in [1.29, 1.82) is 0 Å². The van der Waals surface area contributed by atoms with E-state index >= 15 is 0 Å². The molecule has 1 aromatic heterocycles. The molecule has 0 fully saturated rings. The Bertz CT molecular complexity index is 1140. The van der Waals surface area contributed by atoms with Crippen molar-refractivity contribution in [3.05, 3.63) is 77.2 Å². The molecule has 3 N–H and O–H groups in total. The van der Waals surface area contributed by atoms with E-state index in [1.54, 1.807) is 0 Å². The molecule has 1 aliphatic carbocycles. The smallest absolute Gasteiger partial charge is 0.407 e. The van der Waals surface area contributed by atoms with E-state index in [0.717, 1.165) is 11.1 Å². The van der Waals surface area contributed by atoms with E-state index in [1.165, 1.54) is 17.2 Å². The number of carbonyl (C=O) groups is 3. The fourth-order valence-corrected chi connectivity index (χ4v) is 4.02. The van der Waals surface area contributed by atoms with Crippen molar-refractivity contribution >= 4 is 18.0 Å². The van der Waals surface area contributed by atoms with E-state index in [9.17, 15) is 14.4 Å². The number of fused-ring (bicyclic) bond motifs is 3. The van der Waals surface area contributed by atoms with Crippen molar-refractivity contribution in [3.8, 4) is 11.1 Å². The maximum Gasteiger partial charge on any atom is 0.407 e. The summed E-state index contributed by atoms with van der Waals surface area (Å²) in [7, 11) is 0. The molecule has 2 amide bonds. The standard InChI is InChI=1S/C25H25N3O6/c29-23(27-14-16-13-22(24(30)31)28-34-16)11-5-6-12-26-25(32)33-15-21-19-9-3-1-7-17(19)18-8-2-4-10-20(18)21/h1-4,7-10,13,21H,5-6,11-12,14-15H2,(H,26,32)(H,27,29)(H,30,31). The van der Waals surface area contributed by atoms with Crippen LogP contribution in [0.2, 0.25) is 0 Å². The predicted molar refractivity (Wildman–Crippen MR) is 122 cm³/mol. The van der Waals surface area contributed by atoms with Crippen molar-refractivity contribution in [2.45, 2.75) is 31.7 Å². The number of unbranched alkanes of at least 4 members (excludes halogenated alkanes) is 1. The van der Waals surface area contributed by atoms with Crippen LogP contribution in [0.25, 0.3) is 11.1 Å². The van der Waals surface area contributed by atoms with E-state index in [1.807, 2.05) is 24.3 Å². The molecule has 0 bridgehead atoms. The number of carbonyl (C=O) groups excluding carboxylic acids is 2. The van der Waals surface area contributed by atoms with Gasteiger partial charge in [-0.25, -0.2) is 9.59 Å². The SMILES string of the molecule is O=C(CCCCNC(=O)OCC1c2ccccc2-c2ccccc21)NCc1cc(C(=O)O)no1. The number of alkyl carbamates (subject to hydrolysis) is 1. The van der Waals surface area contributed by atoms with Crippen molar-refractivity contribution < 1.29 is 28.8 Å². The first-order chi connectivity index (χ1) is 16.5. The molecule has 1 aliphatic rings. The zero-order valence-electron chi connectivity index (χ0n) is 18.5. The molecule has 2 aromatic carbocycles. The number of ether oxygens (including phenoxy) is 1. The summed E-state index contributed by atoms with van der Waals surface area (Å²) in [5.41, 5.74) is 4.47. The highest BCUT2D eigenvalue weighted by atomic mass is 16.5. The number of nitrogens with one attached hydrogen (secondary N) is 2. The van der Waals surface area contributed by atoms with Gasteiger partial charge in [-0.15, -0.1) is 0 Å². The first-order valence-electron chi connectivity index (χ1n) is 11.1. The fourth-order valence-electron chi connectivity index (χ4n) is 4.02. The molecule has 0 unspecified atom stereocenters. The number of benzene rings is 2. The van der Waals surface area contributed by atoms with Crippen LogP contribution in [-0.4, -0.2) is 41.4 Å². The molecule has 1 heterocycles. The second kappa shape index (κ2) is 10.7. The molecule has 0 radical (unpaired) electrons. The van der Waals surface area contributed by atoms with Gasteiger partial charge in [0.2, 0.25) is 5.91 Å². The van der Waals surface area contributed by atoms with Gasteiger partial charge >= 0.3 is 12.1 Å². The van der Waals surface area contributed by atoms with Crippen molar-refractivity contribution in [1.82, 2.24) is 15.8 Å². The summed E-state index contributed by atoms with van der Waals surface area (Å²) in [5.74, 6) is -1.11. The lowest BCUT2D eigenvalue weighted by atomic mass is 9.98. The van der Waals surface area contributed by atoms with Gasteiger partial charge in [0.15, 0.2) is 11.5 Å². The summed E-state index contributed by atoms with van der Waals surface area (Å²) in [6.07, 6.45) is 0.979. The summed E-state index contributed by atoms with van der Waals surface area (Å²) in [5, 5.41) is 17.5. The Labute approximate surface area is 196 Å².